The molecule has 0 fully saturated rings. The molecule has 0 unspecified atom stereocenters. The summed E-state index contributed by atoms with van der Waals surface area (Å²) in [6, 6.07) is 10.1. The Morgan fingerprint density at radius 2 is 2.09 bits per heavy atom. The summed E-state index contributed by atoms with van der Waals surface area (Å²) in [5.41, 5.74) is 1.10. The average molecular weight is 345 g/mol. The molecule has 0 aliphatic rings. The summed E-state index contributed by atoms with van der Waals surface area (Å²) in [5, 5.41) is 1.88. The fourth-order valence-corrected chi connectivity index (χ4v) is 3.17. The Bertz CT molecular complexity index is 788. The molecule has 0 saturated carbocycles. The number of rotatable bonds is 7. The average Bonchev–Trinajstić information content (AvgIpc) is 3.03. The maximum atomic E-state index is 5.95. The molecule has 0 saturated heterocycles. The summed E-state index contributed by atoms with van der Waals surface area (Å²) in [5.74, 6) is 2.93. The van der Waals surface area contributed by atoms with Crippen LogP contribution in [0.2, 0.25) is 0 Å². The molecule has 0 amide bonds. The van der Waals surface area contributed by atoms with Crippen molar-refractivity contribution in [1.29, 1.82) is 0 Å². The lowest BCUT2D eigenvalue weighted by Crippen LogP contribution is -2.00. The lowest BCUT2D eigenvalue weighted by Gasteiger charge is -2.09. The molecule has 2 aromatic heterocycles. The first kappa shape index (κ1) is 16.2. The van der Waals surface area contributed by atoms with Crippen LogP contribution in [0.1, 0.15) is 6.42 Å². The summed E-state index contributed by atoms with van der Waals surface area (Å²) in [7, 11) is 0. The number of hydrogen-bond donors (Lipinski definition) is 0. The van der Waals surface area contributed by atoms with E-state index in [9.17, 15) is 0 Å². The molecule has 0 bridgehead atoms. The molecule has 0 atom stereocenters. The number of aromatic nitrogens is 3. The Morgan fingerprint density at radius 3 is 2.91 bits per heavy atom. The second kappa shape index (κ2) is 7.75. The Balaban J connectivity index is 1.91. The van der Waals surface area contributed by atoms with Gasteiger partial charge in [0.2, 0.25) is 0 Å². The number of ether oxygens (including phenoxy) is 1. The van der Waals surface area contributed by atoms with E-state index in [1.165, 1.54) is 0 Å². The molecule has 4 nitrogen and oxygen atoms in total. The molecule has 3 rings (SSSR count). The maximum Gasteiger partial charge on any atom is 0.189 e. The van der Waals surface area contributed by atoms with Crippen LogP contribution in [0.25, 0.3) is 16.7 Å². The van der Waals surface area contributed by atoms with Crippen molar-refractivity contribution in [3.8, 4) is 11.6 Å². The van der Waals surface area contributed by atoms with Gasteiger partial charge in [-0.1, -0.05) is 17.8 Å². The second-order valence-electron chi connectivity index (χ2n) is 4.97. The Kier molecular flexibility index (Phi) is 5.46. The third-order valence-electron chi connectivity index (χ3n) is 3.49. The molecule has 0 radical (unpaired) electrons. The van der Waals surface area contributed by atoms with Gasteiger partial charge >= 0.3 is 0 Å². The van der Waals surface area contributed by atoms with Crippen LogP contribution in [0, 0.1) is 0 Å². The van der Waals surface area contributed by atoms with Crippen molar-refractivity contribution in [2.75, 3.05) is 24.9 Å². The van der Waals surface area contributed by atoms with Crippen LogP contribution in [-0.2, 0) is 0 Å². The van der Waals surface area contributed by atoms with Gasteiger partial charge in [-0.25, -0.2) is 9.97 Å². The van der Waals surface area contributed by atoms with E-state index in [1.807, 2.05) is 42.4 Å². The lowest BCUT2D eigenvalue weighted by atomic mass is 10.2. The maximum absolute atomic E-state index is 5.95. The molecule has 0 aliphatic heterocycles. The second-order valence-corrected chi connectivity index (χ2v) is 6.73. The molecule has 0 N–H and O–H groups in total. The first-order valence-electron chi connectivity index (χ1n) is 7.42. The van der Waals surface area contributed by atoms with E-state index in [-0.39, 0.29) is 0 Å². The van der Waals surface area contributed by atoms with E-state index in [0.717, 1.165) is 46.4 Å². The van der Waals surface area contributed by atoms with Crippen molar-refractivity contribution in [1.82, 2.24) is 14.5 Å². The summed E-state index contributed by atoms with van der Waals surface area (Å²) < 4.78 is 8.03. The van der Waals surface area contributed by atoms with Crippen LogP contribution in [0.3, 0.4) is 0 Å². The standard InChI is InChI=1S/C17H19N3OS2/c1-22-12-4-11-21-15-6-3-5-14-13(15)8-10-20(14)16-7-9-18-17(19-16)23-2/h3,5-10H,4,11-12H2,1-2H3. The van der Waals surface area contributed by atoms with E-state index in [4.69, 9.17) is 4.74 Å². The van der Waals surface area contributed by atoms with Gasteiger partial charge in [0.05, 0.1) is 12.1 Å². The highest BCUT2D eigenvalue weighted by molar-refractivity contribution is 7.98. The molecule has 3 aromatic rings. The van der Waals surface area contributed by atoms with Gasteiger partial charge in [0.1, 0.15) is 11.6 Å². The van der Waals surface area contributed by atoms with Crippen molar-refractivity contribution in [3.63, 3.8) is 0 Å². The van der Waals surface area contributed by atoms with E-state index in [1.54, 1.807) is 18.0 Å². The number of nitrogens with zero attached hydrogens (tertiary/aromatic N) is 3. The zero-order chi connectivity index (χ0) is 16.1. The summed E-state index contributed by atoms with van der Waals surface area (Å²) in [4.78, 5) is 8.81. The van der Waals surface area contributed by atoms with Crippen molar-refractivity contribution in [2.45, 2.75) is 11.6 Å². The van der Waals surface area contributed by atoms with Crippen LogP contribution in [0.5, 0.6) is 5.75 Å². The molecule has 0 spiro atoms. The number of fused-ring (bicyclic) bond motifs is 1. The topological polar surface area (TPSA) is 39.9 Å². The molecule has 0 aliphatic carbocycles. The van der Waals surface area contributed by atoms with Gasteiger partial charge in [0.15, 0.2) is 5.16 Å². The molecular formula is C17H19N3OS2. The normalized spacial score (nSPS) is 11.0. The van der Waals surface area contributed by atoms with Gasteiger partial charge in [0, 0.05) is 17.8 Å². The first-order valence-corrected chi connectivity index (χ1v) is 10.0. The van der Waals surface area contributed by atoms with Crippen LogP contribution in [-0.4, -0.2) is 39.4 Å². The zero-order valence-corrected chi connectivity index (χ0v) is 14.9. The first-order chi connectivity index (χ1) is 11.3. The summed E-state index contributed by atoms with van der Waals surface area (Å²) in [6.07, 6.45) is 8.98. The van der Waals surface area contributed by atoms with Gasteiger partial charge in [-0.15, -0.1) is 0 Å². The van der Waals surface area contributed by atoms with Crippen LogP contribution in [0.15, 0.2) is 47.9 Å². The van der Waals surface area contributed by atoms with Crippen LogP contribution < -0.4 is 4.74 Å². The lowest BCUT2D eigenvalue weighted by molar-refractivity contribution is 0.322. The Hall–Kier alpha value is -1.66. The van der Waals surface area contributed by atoms with Crippen molar-refractivity contribution < 1.29 is 4.74 Å². The molecule has 1 aromatic carbocycles. The van der Waals surface area contributed by atoms with Gasteiger partial charge in [0.25, 0.3) is 0 Å². The highest BCUT2D eigenvalue weighted by atomic mass is 32.2. The van der Waals surface area contributed by atoms with Gasteiger partial charge < -0.3 is 9.30 Å². The molecule has 2 heterocycles. The Labute approximate surface area is 144 Å². The van der Waals surface area contributed by atoms with Crippen molar-refractivity contribution in [2.24, 2.45) is 0 Å². The fourth-order valence-electron chi connectivity index (χ4n) is 2.41. The van der Waals surface area contributed by atoms with Crippen molar-refractivity contribution in [3.05, 3.63) is 42.7 Å². The zero-order valence-electron chi connectivity index (χ0n) is 13.2. The predicted octanol–water partition coefficient (Wildman–Crippen LogP) is 4.27. The van der Waals surface area contributed by atoms with Gasteiger partial charge in [-0.05, 0) is 49.0 Å². The third-order valence-corrected chi connectivity index (χ3v) is 4.75. The summed E-state index contributed by atoms with van der Waals surface area (Å²) in [6.45, 7) is 0.745. The quantitative estimate of drug-likeness (QED) is 0.363. The van der Waals surface area contributed by atoms with Crippen LogP contribution in [0.4, 0.5) is 0 Å². The van der Waals surface area contributed by atoms with E-state index < -0.39 is 0 Å². The monoisotopic (exact) mass is 345 g/mol. The minimum atomic E-state index is 0.745. The van der Waals surface area contributed by atoms with E-state index in [2.05, 4.69) is 32.9 Å². The Morgan fingerprint density at radius 1 is 1.17 bits per heavy atom. The predicted molar refractivity (Wildman–Crippen MR) is 99.1 cm³/mol. The highest BCUT2D eigenvalue weighted by Gasteiger charge is 2.09. The van der Waals surface area contributed by atoms with E-state index in [0.29, 0.717) is 0 Å². The molecule has 6 heteroatoms. The van der Waals surface area contributed by atoms with Crippen LogP contribution >= 0.6 is 23.5 Å². The third kappa shape index (κ3) is 3.64. The largest absolute Gasteiger partial charge is 0.493 e. The van der Waals surface area contributed by atoms with Gasteiger partial charge in [-0.2, -0.15) is 11.8 Å². The molecule has 23 heavy (non-hydrogen) atoms. The van der Waals surface area contributed by atoms with E-state index >= 15 is 0 Å². The van der Waals surface area contributed by atoms with Crippen molar-refractivity contribution >= 4 is 34.4 Å². The molecule has 120 valence electrons. The number of benzene rings is 1. The minimum Gasteiger partial charge on any atom is -0.493 e. The minimum absolute atomic E-state index is 0.745. The summed E-state index contributed by atoms with van der Waals surface area (Å²) >= 11 is 3.39. The smallest absolute Gasteiger partial charge is 0.189 e. The fraction of sp³-hybridized carbons (Fsp3) is 0.294. The number of hydrogen-bond acceptors (Lipinski definition) is 5. The molecular weight excluding hydrogens is 326 g/mol. The SMILES string of the molecule is CSCCCOc1cccc2c1ccn2-c1ccnc(SC)n1. The highest BCUT2D eigenvalue weighted by Crippen LogP contribution is 2.28. The van der Waals surface area contributed by atoms with Gasteiger partial charge in [-0.3, -0.25) is 0 Å². The number of thioether (sulfide) groups is 2.